The highest BCUT2D eigenvalue weighted by Crippen LogP contribution is 2.29. The Hall–Kier alpha value is -3.12. The molecule has 0 spiro atoms. The predicted octanol–water partition coefficient (Wildman–Crippen LogP) is 3.48. The Morgan fingerprint density at radius 3 is 2.55 bits per heavy atom. The number of hydrogen-bond donors (Lipinski definition) is 0. The summed E-state index contributed by atoms with van der Waals surface area (Å²) in [7, 11) is 2.86. The molecule has 0 N–H and O–H groups in total. The third kappa shape index (κ3) is 4.49. The van der Waals surface area contributed by atoms with Crippen molar-refractivity contribution in [3.8, 4) is 0 Å². The monoisotopic (exact) mass is 394 g/mol. The summed E-state index contributed by atoms with van der Waals surface area (Å²) >= 11 is 0. The van der Waals surface area contributed by atoms with Crippen LogP contribution in [-0.4, -0.2) is 55.3 Å². The van der Waals surface area contributed by atoms with Gasteiger partial charge < -0.3 is 18.9 Å². The maximum Gasteiger partial charge on any atom is 0.325 e. The lowest BCUT2D eigenvalue weighted by Crippen LogP contribution is -2.37. The molecule has 0 aliphatic heterocycles. The molecule has 3 aromatic rings. The quantitative estimate of drug-likeness (QED) is 0.434. The first kappa shape index (κ1) is 20.6. The second-order valence-electron chi connectivity index (χ2n) is 6.70. The van der Waals surface area contributed by atoms with E-state index in [-0.39, 0.29) is 12.5 Å². The van der Waals surface area contributed by atoms with Crippen LogP contribution in [0.4, 0.5) is 0 Å². The summed E-state index contributed by atoms with van der Waals surface area (Å²) < 4.78 is 12.0. The molecule has 1 heterocycles. The zero-order valence-electron chi connectivity index (χ0n) is 17.1. The predicted molar refractivity (Wildman–Crippen MR) is 115 cm³/mol. The van der Waals surface area contributed by atoms with Crippen LogP contribution in [0, 0.1) is 0 Å². The van der Waals surface area contributed by atoms with Crippen LogP contribution >= 0.6 is 0 Å². The fourth-order valence-corrected chi connectivity index (χ4v) is 3.48. The van der Waals surface area contributed by atoms with Gasteiger partial charge in [0.25, 0.3) is 0 Å². The van der Waals surface area contributed by atoms with Crippen LogP contribution in [0.25, 0.3) is 27.9 Å². The number of rotatable bonds is 8. The van der Waals surface area contributed by atoms with Gasteiger partial charge in [-0.15, -0.1) is 0 Å². The average molecular weight is 394 g/mol. The van der Waals surface area contributed by atoms with Crippen molar-refractivity contribution in [2.75, 3.05) is 33.9 Å². The molecule has 0 aliphatic carbocycles. The Balaban J connectivity index is 1.88. The Kier molecular flexibility index (Phi) is 6.67. The maximum atomic E-state index is 12.6. The number of amides is 1. The number of aryl methyl sites for hydroxylation is 1. The minimum Gasteiger partial charge on any atom is -0.468 e. The average Bonchev–Trinajstić information content (AvgIpc) is 3.07. The molecule has 0 fully saturated rings. The first-order chi connectivity index (χ1) is 14.1. The third-order valence-electron chi connectivity index (χ3n) is 4.96. The SMILES string of the molecule is CCn1c2ccccc2c2cc(/C=C/C(=O)N(CCOC)CC(=O)OC)ccc21. The number of fused-ring (bicyclic) bond motifs is 3. The Bertz CT molecular complexity index is 1050. The lowest BCUT2D eigenvalue weighted by Gasteiger charge is -2.19. The number of carbonyl (C=O) groups is 2. The fourth-order valence-electron chi connectivity index (χ4n) is 3.48. The van der Waals surface area contributed by atoms with Gasteiger partial charge >= 0.3 is 5.97 Å². The van der Waals surface area contributed by atoms with Gasteiger partial charge in [-0.3, -0.25) is 9.59 Å². The highest BCUT2D eigenvalue weighted by Gasteiger charge is 2.15. The van der Waals surface area contributed by atoms with E-state index in [1.54, 1.807) is 13.2 Å². The normalized spacial score (nSPS) is 11.4. The van der Waals surface area contributed by atoms with Crippen LogP contribution in [0.3, 0.4) is 0 Å². The number of hydrogen-bond acceptors (Lipinski definition) is 4. The van der Waals surface area contributed by atoms with E-state index in [9.17, 15) is 9.59 Å². The van der Waals surface area contributed by atoms with Gasteiger partial charge in [0.1, 0.15) is 6.54 Å². The van der Waals surface area contributed by atoms with Gasteiger partial charge in [0.05, 0.1) is 13.7 Å². The first-order valence-electron chi connectivity index (χ1n) is 9.62. The Labute approximate surface area is 170 Å². The number of methoxy groups -OCH3 is 2. The second-order valence-corrected chi connectivity index (χ2v) is 6.70. The number of aromatic nitrogens is 1. The minimum absolute atomic E-state index is 0.105. The van der Waals surface area contributed by atoms with E-state index < -0.39 is 5.97 Å². The van der Waals surface area contributed by atoms with Gasteiger partial charge in [-0.2, -0.15) is 0 Å². The lowest BCUT2D eigenvalue weighted by atomic mass is 10.1. The summed E-state index contributed by atoms with van der Waals surface area (Å²) in [6.45, 7) is 3.58. The number of ether oxygens (including phenoxy) is 2. The van der Waals surface area contributed by atoms with Crippen LogP contribution in [0.2, 0.25) is 0 Å². The minimum atomic E-state index is -0.461. The summed E-state index contributed by atoms with van der Waals surface area (Å²) in [5.74, 6) is -0.722. The van der Waals surface area contributed by atoms with E-state index in [2.05, 4.69) is 40.5 Å². The first-order valence-corrected chi connectivity index (χ1v) is 9.62. The summed E-state index contributed by atoms with van der Waals surface area (Å²) in [4.78, 5) is 25.6. The molecule has 0 bridgehead atoms. The van der Waals surface area contributed by atoms with Crippen LogP contribution in [-0.2, 0) is 25.6 Å². The van der Waals surface area contributed by atoms with Crippen molar-refractivity contribution in [3.05, 3.63) is 54.1 Å². The van der Waals surface area contributed by atoms with E-state index >= 15 is 0 Å². The molecule has 0 radical (unpaired) electrons. The number of esters is 1. The fraction of sp³-hybridized carbons (Fsp3) is 0.304. The molecule has 0 aliphatic rings. The number of nitrogens with zero attached hydrogens (tertiary/aromatic N) is 2. The molecular weight excluding hydrogens is 368 g/mol. The van der Waals surface area contributed by atoms with Gasteiger partial charge in [0, 0.05) is 48.1 Å². The maximum absolute atomic E-state index is 12.6. The van der Waals surface area contributed by atoms with E-state index in [1.165, 1.54) is 34.5 Å². The molecule has 0 saturated heterocycles. The van der Waals surface area contributed by atoms with Crippen LogP contribution in [0.1, 0.15) is 12.5 Å². The van der Waals surface area contributed by atoms with Gasteiger partial charge in [-0.05, 0) is 36.8 Å². The third-order valence-corrected chi connectivity index (χ3v) is 4.96. The highest BCUT2D eigenvalue weighted by molar-refractivity contribution is 6.08. The molecule has 3 rings (SSSR count). The van der Waals surface area contributed by atoms with Crippen molar-refractivity contribution in [1.82, 2.24) is 9.47 Å². The van der Waals surface area contributed by atoms with Gasteiger partial charge in [-0.25, -0.2) is 0 Å². The van der Waals surface area contributed by atoms with Gasteiger partial charge in [-0.1, -0.05) is 24.3 Å². The van der Waals surface area contributed by atoms with Crippen molar-refractivity contribution in [3.63, 3.8) is 0 Å². The van der Waals surface area contributed by atoms with Crippen molar-refractivity contribution in [2.24, 2.45) is 0 Å². The molecular formula is C23H26N2O4. The largest absolute Gasteiger partial charge is 0.468 e. The lowest BCUT2D eigenvalue weighted by molar-refractivity contribution is -0.145. The number of para-hydroxylation sites is 1. The van der Waals surface area contributed by atoms with Crippen molar-refractivity contribution < 1.29 is 19.1 Å². The zero-order valence-corrected chi connectivity index (χ0v) is 17.1. The van der Waals surface area contributed by atoms with Crippen LogP contribution < -0.4 is 0 Å². The van der Waals surface area contributed by atoms with Crippen LogP contribution in [0.15, 0.2) is 48.5 Å². The molecule has 0 atom stereocenters. The smallest absolute Gasteiger partial charge is 0.325 e. The Morgan fingerprint density at radius 2 is 1.83 bits per heavy atom. The highest BCUT2D eigenvalue weighted by atomic mass is 16.5. The van der Waals surface area contributed by atoms with Crippen LogP contribution in [0.5, 0.6) is 0 Å². The zero-order chi connectivity index (χ0) is 20.8. The molecule has 6 nitrogen and oxygen atoms in total. The van der Waals surface area contributed by atoms with Gasteiger partial charge in [0.2, 0.25) is 5.91 Å². The van der Waals surface area contributed by atoms with E-state index in [1.807, 2.05) is 18.2 Å². The van der Waals surface area contributed by atoms with Crippen molar-refractivity contribution in [2.45, 2.75) is 13.5 Å². The molecule has 1 aromatic heterocycles. The summed E-state index contributed by atoms with van der Waals surface area (Å²) in [5.41, 5.74) is 3.30. The molecule has 0 saturated carbocycles. The number of carbonyl (C=O) groups excluding carboxylic acids is 2. The summed E-state index contributed by atoms with van der Waals surface area (Å²) in [5, 5.41) is 2.35. The van der Waals surface area contributed by atoms with Crippen molar-refractivity contribution in [1.29, 1.82) is 0 Å². The van der Waals surface area contributed by atoms with E-state index in [0.29, 0.717) is 13.2 Å². The molecule has 1 amide bonds. The summed E-state index contributed by atoms with van der Waals surface area (Å²) in [6.07, 6.45) is 3.26. The molecule has 6 heteroatoms. The van der Waals surface area contributed by atoms with E-state index in [4.69, 9.17) is 4.74 Å². The van der Waals surface area contributed by atoms with Crippen molar-refractivity contribution >= 4 is 39.8 Å². The van der Waals surface area contributed by atoms with Gasteiger partial charge in [0.15, 0.2) is 0 Å². The summed E-state index contributed by atoms with van der Waals surface area (Å²) in [6, 6.07) is 14.5. The van der Waals surface area contributed by atoms with E-state index in [0.717, 1.165) is 17.5 Å². The second kappa shape index (κ2) is 9.39. The molecule has 0 unspecified atom stereocenters. The molecule has 29 heavy (non-hydrogen) atoms. The molecule has 2 aromatic carbocycles. The standard InChI is InChI=1S/C23H26N2O4/c1-4-25-20-8-6-5-7-18(20)19-15-17(9-11-21(19)25)10-12-22(26)24(13-14-28-2)16-23(27)29-3/h5-12,15H,4,13-14,16H2,1-3H3/b12-10+. The topological polar surface area (TPSA) is 60.8 Å². The molecule has 152 valence electrons. The number of benzene rings is 2. The Morgan fingerprint density at radius 1 is 1.07 bits per heavy atom.